The van der Waals surface area contributed by atoms with Gasteiger partial charge in [-0.2, -0.15) is 0 Å². The van der Waals surface area contributed by atoms with Crippen molar-refractivity contribution in [2.75, 3.05) is 24.2 Å². The second-order valence-corrected chi connectivity index (χ2v) is 9.41. The average Bonchev–Trinajstić information content (AvgIpc) is 3.25. The second kappa shape index (κ2) is 10.7. The van der Waals surface area contributed by atoms with E-state index in [9.17, 15) is 18.0 Å². The SMILES string of the molecule is O=C(O)NCCOc1ccc(S(=O)(=O)CCC(=O)Nc2nc(-c3ccncc3)cs2)cc1. The minimum absolute atomic E-state index is 0.0653. The Hall–Kier alpha value is -3.51. The molecule has 2 aromatic heterocycles. The first-order valence-corrected chi connectivity index (χ1v) is 11.9. The van der Waals surface area contributed by atoms with Gasteiger partial charge in [0.1, 0.15) is 12.4 Å². The third kappa shape index (κ3) is 6.75. The fourth-order valence-electron chi connectivity index (χ4n) is 2.58. The predicted octanol–water partition coefficient (Wildman–Crippen LogP) is 2.65. The lowest BCUT2D eigenvalue weighted by Crippen LogP contribution is -2.26. The Bertz CT molecular complexity index is 1160. The fourth-order valence-corrected chi connectivity index (χ4v) is 4.56. The number of pyridine rings is 1. The molecule has 0 aliphatic heterocycles. The first-order chi connectivity index (χ1) is 15.3. The highest BCUT2D eigenvalue weighted by Crippen LogP contribution is 2.24. The summed E-state index contributed by atoms with van der Waals surface area (Å²) < 4.78 is 30.3. The minimum Gasteiger partial charge on any atom is -0.492 e. The lowest BCUT2D eigenvalue weighted by molar-refractivity contribution is -0.115. The van der Waals surface area contributed by atoms with Crippen LogP contribution in [-0.4, -0.2) is 54.4 Å². The lowest BCUT2D eigenvalue weighted by Gasteiger charge is -2.08. The van der Waals surface area contributed by atoms with Gasteiger partial charge in [0.25, 0.3) is 0 Å². The van der Waals surface area contributed by atoms with E-state index in [1.165, 1.54) is 35.6 Å². The summed E-state index contributed by atoms with van der Waals surface area (Å²) in [6.45, 7) is 0.214. The number of carbonyl (C=O) groups is 2. The van der Waals surface area contributed by atoms with Gasteiger partial charge in [0.15, 0.2) is 15.0 Å². The molecule has 1 aromatic carbocycles. The molecule has 0 saturated heterocycles. The van der Waals surface area contributed by atoms with Crippen molar-refractivity contribution in [1.82, 2.24) is 15.3 Å². The number of rotatable bonds is 10. The highest BCUT2D eigenvalue weighted by Gasteiger charge is 2.17. The first kappa shape index (κ1) is 23.2. The smallest absolute Gasteiger partial charge is 0.404 e. The van der Waals surface area contributed by atoms with Crippen LogP contribution in [0.5, 0.6) is 5.75 Å². The van der Waals surface area contributed by atoms with Crippen molar-refractivity contribution in [2.45, 2.75) is 11.3 Å². The minimum atomic E-state index is -3.67. The third-order valence-corrected chi connectivity index (χ3v) is 6.64. The highest BCUT2D eigenvalue weighted by molar-refractivity contribution is 7.91. The van der Waals surface area contributed by atoms with Crippen molar-refractivity contribution >= 4 is 38.3 Å². The van der Waals surface area contributed by atoms with Crippen LogP contribution in [-0.2, 0) is 14.6 Å². The molecule has 0 bridgehead atoms. The predicted molar refractivity (Wildman–Crippen MR) is 119 cm³/mol. The van der Waals surface area contributed by atoms with E-state index in [4.69, 9.17) is 9.84 Å². The molecule has 3 N–H and O–H groups in total. The summed E-state index contributed by atoms with van der Waals surface area (Å²) in [4.78, 5) is 30.9. The number of hydrogen-bond acceptors (Lipinski definition) is 8. The molecular formula is C20H20N4O6S2. The topological polar surface area (TPSA) is 148 Å². The van der Waals surface area contributed by atoms with Crippen molar-refractivity contribution in [2.24, 2.45) is 0 Å². The van der Waals surface area contributed by atoms with Crippen LogP contribution in [0.1, 0.15) is 6.42 Å². The zero-order valence-electron chi connectivity index (χ0n) is 16.7. The highest BCUT2D eigenvalue weighted by atomic mass is 32.2. The van der Waals surface area contributed by atoms with Gasteiger partial charge in [0, 0.05) is 29.8 Å². The quantitative estimate of drug-likeness (QED) is 0.378. The molecule has 10 nitrogen and oxygen atoms in total. The van der Waals surface area contributed by atoms with Crippen LogP contribution in [0.15, 0.2) is 59.1 Å². The zero-order valence-corrected chi connectivity index (χ0v) is 18.4. The van der Waals surface area contributed by atoms with E-state index in [-0.39, 0.29) is 30.2 Å². The summed E-state index contributed by atoms with van der Waals surface area (Å²) in [5, 5.41) is 15.5. The maximum atomic E-state index is 12.5. The number of nitrogens with zero attached hydrogens (tertiary/aromatic N) is 2. The summed E-state index contributed by atoms with van der Waals surface area (Å²) in [5.74, 6) is -0.401. The molecule has 3 rings (SSSR count). The Balaban J connectivity index is 1.49. The van der Waals surface area contributed by atoms with Crippen molar-refractivity contribution in [1.29, 1.82) is 0 Å². The molecule has 3 aromatic rings. The summed E-state index contributed by atoms with van der Waals surface area (Å²) in [5.41, 5.74) is 1.56. The fraction of sp³-hybridized carbons (Fsp3) is 0.200. The molecule has 0 unspecified atom stereocenters. The summed E-state index contributed by atoms with van der Waals surface area (Å²) in [6.07, 6.45) is 1.93. The van der Waals surface area contributed by atoms with E-state index in [0.29, 0.717) is 16.6 Å². The Labute approximate surface area is 188 Å². The molecule has 0 radical (unpaired) electrons. The molecule has 0 aliphatic carbocycles. The molecule has 0 spiro atoms. The van der Waals surface area contributed by atoms with Crippen molar-refractivity contribution in [3.05, 3.63) is 54.2 Å². The number of hydrogen-bond donors (Lipinski definition) is 3. The standard InChI is InChI=1S/C20H20N4O6S2/c25-18(24-19-23-17(13-31-19)14-5-8-21-9-6-14)7-12-32(28,29)16-3-1-15(2-4-16)30-11-10-22-20(26)27/h1-6,8-9,13,22H,7,10-12H2,(H,26,27)(H,23,24,25). The number of carbonyl (C=O) groups excluding carboxylic acids is 1. The van der Waals surface area contributed by atoms with Gasteiger partial charge < -0.3 is 20.5 Å². The first-order valence-electron chi connectivity index (χ1n) is 9.42. The van der Waals surface area contributed by atoms with Crippen LogP contribution in [0.2, 0.25) is 0 Å². The molecule has 2 amide bonds. The van der Waals surface area contributed by atoms with Crippen molar-refractivity contribution in [3.63, 3.8) is 0 Å². The number of benzene rings is 1. The van der Waals surface area contributed by atoms with Crippen molar-refractivity contribution in [3.8, 4) is 17.0 Å². The van der Waals surface area contributed by atoms with Gasteiger partial charge in [-0.15, -0.1) is 11.3 Å². The Morgan fingerprint density at radius 2 is 1.81 bits per heavy atom. The van der Waals surface area contributed by atoms with Gasteiger partial charge in [0.2, 0.25) is 5.91 Å². The van der Waals surface area contributed by atoms with E-state index in [1.807, 2.05) is 0 Å². The van der Waals surface area contributed by atoms with E-state index in [1.54, 1.807) is 29.9 Å². The van der Waals surface area contributed by atoms with Crippen LogP contribution >= 0.6 is 11.3 Å². The number of ether oxygens (including phenoxy) is 1. The maximum Gasteiger partial charge on any atom is 0.404 e. The monoisotopic (exact) mass is 476 g/mol. The number of carboxylic acid groups (broad SMARTS) is 1. The van der Waals surface area contributed by atoms with E-state index in [0.717, 1.165) is 5.56 Å². The molecule has 2 heterocycles. The number of amides is 2. The molecule has 12 heteroatoms. The molecule has 168 valence electrons. The third-order valence-electron chi connectivity index (χ3n) is 4.15. The molecule has 32 heavy (non-hydrogen) atoms. The number of nitrogens with one attached hydrogen (secondary N) is 2. The van der Waals surface area contributed by atoms with E-state index in [2.05, 4.69) is 20.6 Å². The van der Waals surface area contributed by atoms with Crippen LogP contribution < -0.4 is 15.4 Å². The number of sulfone groups is 1. The van der Waals surface area contributed by atoms with Gasteiger partial charge in [-0.1, -0.05) is 0 Å². The Morgan fingerprint density at radius 3 is 2.50 bits per heavy atom. The molecule has 0 saturated carbocycles. The largest absolute Gasteiger partial charge is 0.492 e. The summed E-state index contributed by atoms with van der Waals surface area (Å²) >= 11 is 1.25. The average molecular weight is 477 g/mol. The van der Waals surface area contributed by atoms with Gasteiger partial charge in [-0.05, 0) is 36.4 Å². The lowest BCUT2D eigenvalue weighted by atomic mass is 10.2. The number of anilines is 1. The Morgan fingerprint density at radius 1 is 1.09 bits per heavy atom. The molecule has 0 atom stereocenters. The Kier molecular flexibility index (Phi) is 7.73. The van der Waals surface area contributed by atoms with Crippen LogP contribution in [0.25, 0.3) is 11.3 Å². The maximum absolute atomic E-state index is 12.5. The van der Waals surface area contributed by atoms with Gasteiger partial charge in [-0.3, -0.25) is 9.78 Å². The van der Waals surface area contributed by atoms with Gasteiger partial charge in [-0.25, -0.2) is 18.2 Å². The zero-order chi connectivity index (χ0) is 23.0. The normalized spacial score (nSPS) is 11.0. The summed E-state index contributed by atoms with van der Waals surface area (Å²) in [6, 6.07) is 9.32. The van der Waals surface area contributed by atoms with Crippen molar-refractivity contribution < 1.29 is 27.9 Å². The molecule has 0 fully saturated rings. The summed E-state index contributed by atoms with van der Waals surface area (Å²) in [7, 11) is -3.67. The van der Waals surface area contributed by atoms with Crippen LogP contribution in [0.3, 0.4) is 0 Å². The van der Waals surface area contributed by atoms with Gasteiger partial charge in [0.05, 0.1) is 22.9 Å². The number of thiazole rings is 1. The van der Waals surface area contributed by atoms with Crippen LogP contribution in [0.4, 0.5) is 9.93 Å². The van der Waals surface area contributed by atoms with E-state index < -0.39 is 21.8 Å². The molecule has 0 aliphatic rings. The molecular weight excluding hydrogens is 456 g/mol. The number of aromatic nitrogens is 2. The van der Waals surface area contributed by atoms with E-state index >= 15 is 0 Å². The van der Waals surface area contributed by atoms with Gasteiger partial charge >= 0.3 is 6.09 Å². The van der Waals surface area contributed by atoms with Crippen LogP contribution in [0, 0.1) is 0 Å². The second-order valence-electron chi connectivity index (χ2n) is 6.44.